The summed E-state index contributed by atoms with van der Waals surface area (Å²) in [5, 5.41) is 12.6. The predicted octanol–water partition coefficient (Wildman–Crippen LogP) is 3.02. The van der Waals surface area contributed by atoms with E-state index in [-0.39, 0.29) is 0 Å². The molecule has 5 rings (SSSR count). The molecule has 1 aromatic rings. The van der Waals surface area contributed by atoms with Crippen LogP contribution >= 0.6 is 0 Å². The maximum atomic E-state index is 11.2. The van der Waals surface area contributed by atoms with E-state index >= 15 is 0 Å². The molecule has 1 heterocycles. The first-order chi connectivity index (χ1) is 9.65. The van der Waals surface area contributed by atoms with Gasteiger partial charge >= 0.3 is 5.97 Å². The smallest absolute Gasteiger partial charge is 0.337 e. The molecule has 20 heavy (non-hydrogen) atoms. The van der Waals surface area contributed by atoms with Crippen molar-refractivity contribution in [1.29, 1.82) is 0 Å². The first-order valence-electron chi connectivity index (χ1n) is 7.56. The van der Waals surface area contributed by atoms with Gasteiger partial charge in [-0.05, 0) is 61.3 Å². The second-order valence-electron chi connectivity index (χ2n) is 7.05. The normalized spacial score (nSPS) is 37.3. The Morgan fingerprint density at radius 3 is 2.75 bits per heavy atom. The third-order valence-electron chi connectivity index (χ3n) is 5.76. The van der Waals surface area contributed by atoms with Crippen LogP contribution in [0.1, 0.15) is 42.5 Å². The van der Waals surface area contributed by atoms with Crippen molar-refractivity contribution in [2.75, 3.05) is 11.9 Å². The van der Waals surface area contributed by atoms with Gasteiger partial charge in [0.1, 0.15) is 0 Å². The minimum atomic E-state index is -0.886. The third kappa shape index (κ3) is 1.81. The number of aromatic carboxylic acids is 1. The van der Waals surface area contributed by atoms with Gasteiger partial charge in [-0.25, -0.2) is 4.79 Å². The van der Waals surface area contributed by atoms with E-state index in [9.17, 15) is 9.90 Å². The number of anilines is 1. The lowest BCUT2D eigenvalue weighted by atomic mass is 9.69. The Labute approximate surface area is 118 Å². The Morgan fingerprint density at radius 1 is 1.35 bits per heavy atom. The molecule has 0 radical (unpaired) electrons. The molecule has 0 saturated heterocycles. The van der Waals surface area contributed by atoms with Crippen LogP contribution in [0, 0.1) is 23.2 Å². The number of nitrogens with zero attached hydrogens (tertiary/aromatic N) is 1. The lowest BCUT2D eigenvalue weighted by molar-refractivity contribution is 0.0697. The Morgan fingerprint density at radius 2 is 2.10 bits per heavy atom. The van der Waals surface area contributed by atoms with Crippen molar-refractivity contribution in [3.8, 4) is 0 Å². The Balaban J connectivity index is 1.50. The first kappa shape index (κ1) is 12.2. The summed E-state index contributed by atoms with van der Waals surface area (Å²) in [6, 6.07) is 1.57. The minimum Gasteiger partial charge on any atom is -0.478 e. The lowest BCUT2D eigenvalue weighted by Crippen LogP contribution is -2.34. The van der Waals surface area contributed by atoms with Gasteiger partial charge in [0.15, 0.2) is 0 Å². The van der Waals surface area contributed by atoms with E-state index in [4.69, 9.17) is 0 Å². The fraction of sp³-hybridized carbons (Fsp3) is 0.625. The van der Waals surface area contributed by atoms with Gasteiger partial charge in [0.05, 0.1) is 17.4 Å². The van der Waals surface area contributed by atoms with Crippen molar-refractivity contribution in [3.63, 3.8) is 0 Å². The summed E-state index contributed by atoms with van der Waals surface area (Å²) in [7, 11) is 0. The molecular weight excluding hydrogens is 252 g/mol. The summed E-state index contributed by atoms with van der Waals surface area (Å²) >= 11 is 0. The van der Waals surface area contributed by atoms with Gasteiger partial charge in [-0.15, -0.1) is 0 Å². The largest absolute Gasteiger partial charge is 0.478 e. The van der Waals surface area contributed by atoms with E-state index in [1.807, 2.05) is 0 Å². The first-order valence-corrected chi connectivity index (χ1v) is 7.56. The highest BCUT2D eigenvalue weighted by molar-refractivity contribution is 5.93. The second kappa shape index (κ2) is 4.21. The minimum absolute atomic E-state index is 0.326. The fourth-order valence-corrected chi connectivity index (χ4v) is 5.20. The molecule has 4 saturated carbocycles. The van der Waals surface area contributed by atoms with Gasteiger partial charge in [0, 0.05) is 12.7 Å². The molecule has 0 aromatic carbocycles. The van der Waals surface area contributed by atoms with Crippen molar-refractivity contribution in [2.45, 2.75) is 32.1 Å². The molecule has 0 amide bonds. The highest BCUT2D eigenvalue weighted by Crippen LogP contribution is 2.64. The average Bonchev–Trinajstić information content (AvgIpc) is 2.84. The van der Waals surface area contributed by atoms with E-state index in [0.29, 0.717) is 16.7 Å². The monoisotopic (exact) mass is 272 g/mol. The number of rotatable bonds is 4. The van der Waals surface area contributed by atoms with Gasteiger partial charge in [-0.1, -0.05) is 0 Å². The molecular formula is C16H20N2O2. The van der Waals surface area contributed by atoms with Crippen molar-refractivity contribution in [3.05, 3.63) is 24.0 Å². The summed E-state index contributed by atoms with van der Waals surface area (Å²) in [6.07, 6.45) is 10.1. The molecule has 4 heteroatoms. The number of aromatic nitrogens is 1. The zero-order valence-electron chi connectivity index (χ0n) is 11.5. The molecule has 1 aromatic heterocycles. The van der Waals surface area contributed by atoms with Gasteiger partial charge in [-0.3, -0.25) is 4.98 Å². The number of pyridine rings is 1. The molecule has 4 fully saturated rings. The Bertz CT molecular complexity index is 538. The molecule has 4 nitrogen and oxygen atoms in total. The molecule has 4 aliphatic carbocycles. The number of nitrogens with one attached hydrogen (secondary N) is 1. The second-order valence-corrected chi connectivity index (χ2v) is 7.05. The van der Waals surface area contributed by atoms with Crippen molar-refractivity contribution >= 4 is 11.7 Å². The molecule has 106 valence electrons. The van der Waals surface area contributed by atoms with Gasteiger partial charge < -0.3 is 10.4 Å². The van der Waals surface area contributed by atoms with E-state index in [2.05, 4.69) is 10.3 Å². The zero-order chi connectivity index (χ0) is 13.7. The van der Waals surface area contributed by atoms with Crippen molar-refractivity contribution < 1.29 is 9.90 Å². The molecule has 2 unspecified atom stereocenters. The summed E-state index contributed by atoms with van der Waals surface area (Å²) in [5.74, 6) is 1.94. The van der Waals surface area contributed by atoms with Crippen LogP contribution in [0.5, 0.6) is 0 Å². The average molecular weight is 272 g/mol. The van der Waals surface area contributed by atoms with E-state index in [0.717, 1.165) is 24.3 Å². The third-order valence-corrected chi connectivity index (χ3v) is 5.76. The molecule has 2 N–H and O–H groups in total. The van der Waals surface area contributed by atoms with Gasteiger partial charge in [0.2, 0.25) is 0 Å². The maximum absolute atomic E-state index is 11.2. The molecule has 0 spiro atoms. The number of hydrogen-bond donors (Lipinski definition) is 2. The molecule has 0 aliphatic heterocycles. The van der Waals surface area contributed by atoms with Crippen LogP contribution in [-0.2, 0) is 0 Å². The fourth-order valence-electron chi connectivity index (χ4n) is 5.20. The quantitative estimate of drug-likeness (QED) is 0.884. The molecule has 2 atom stereocenters. The number of hydrogen-bond acceptors (Lipinski definition) is 3. The van der Waals surface area contributed by atoms with Crippen molar-refractivity contribution in [1.82, 2.24) is 4.98 Å². The molecule has 4 aliphatic rings. The van der Waals surface area contributed by atoms with Gasteiger partial charge in [-0.2, -0.15) is 0 Å². The summed E-state index contributed by atoms with van der Waals surface area (Å²) in [4.78, 5) is 15.3. The lowest BCUT2D eigenvalue weighted by Gasteiger charge is -2.38. The van der Waals surface area contributed by atoms with Gasteiger partial charge in [0.25, 0.3) is 0 Å². The Kier molecular flexibility index (Phi) is 2.56. The van der Waals surface area contributed by atoms with Crippen LogP contribution in [0.25, 0.3) is 0 Å². The topological polar surface area (TPSA) is 62.2 Å². The Hall–Kier alpha value is -1.58. The summed E-state index contributed by atoms with van der Waals surface area (Å²) < 4.78 is 0. The predicted molar refractivity (Wildman–Crippen MR) is 75.7 cm³/mol. The summed E-state index contributed by atoms with van der Waals surface area (Å²) in [6.45, 7) is 0.905. The number of carboxylic acid groups (broad SMARTS) is 1. The van der Waals surface area contributed by atoms with Crippen LogP contribution < -0.4 is 5.32 Å². The zero-order valence-corrected chi connectivity index (χ0v) is 11.5. The van der Waals surface area contributed by atoms with Crippen LogP contribution in [0.15, 0.2) is 18.5 Å². The SMILES string of the molecule is O=C(O)c1ccncc1NCC12CC3CC(C1)C(C3)C2. The number of carbonyl (C=O) groups is 1. The standard InChI is InChI=1S/C16H20N2O2/c19-15(20)13-1-2-17-8-14(13)18-9-16-5-10-3-11(6-16)12(4-10)7-16/h1-2,8,10-12,18H,3-7,9H2,(H,19,20). The van der Waals surface area contributed by atoms with Crippen LogP contribution in [0.3, 0.4) is 0 Å². The summed E-state index contributed by atoms with van der Waals surface area (Å²) in [5.41, 5.74) is 1.41. The van der Waals surface area contributed by atoms with Crippen LogP contribution in [-0.4, -0.2) is 22.6 Å². The van der Waals surface area contributed by atoms with E-state index in [1.165, 1.54) is 38.3 Å². The molecule has 4 bridgehead atoms. The van der Waals surface area contributed by atoms with Crippen LogP contribution in [0.2, 0.25) is 0 Å². The van der Waals surface area contributed by atoms with E-state index < -0.39 is 5.97 Å². The number of carboxylic acids is 1. The van der Waals surface area contributed by atoms with Crippen LogP contribution in [0.4, 0.5) is 5.69 Å². The highest BCUT2D eigenvalue weighted by atomic mass is 16.4. The maximum Gasteiger partial charge on any atom is 0.337 e. The highest BCUT2D eigenvalue weighted by Gasteiger charge is 2.55. The van der Waals surface area contributed by atoms with Crippen molar-refractivity contribution in [2.24, 2.45) is 23.2 Å². The van der Waals surface area contributed by atoms with E-state index in [1.54, 1.807) is 12.3 Å².